The highest BCUT2D eigenvalue weighted by Crippen LogP contribution is 2.36. The molecule has 28 heavy (non-hydrogen) atoms. The molecule has 3 aromatic rings. The first kappa shape index (κ1) is 19.4. The standard InChI is InChI=1S/C20H19ClN4O3/c1-3-28-17-13-14(12-15(21)19(17)27-2)7-8-18(26)24-16-6-4-9-22-20(16)25-11-5-10-23-25/h4-13H,3H2,1-2H3,(H,24,26)/b8-7+. The number of nitrogens with one attached hydrogen (secondary N) is 1. The molecule has 2 aromatic heterocycles. The van der Waals surface area contributed by atoms with E-state index >= 15 is 0 Å². The number of benzene rings is 1. The SMILES string of the molecule is CCOc1cc(/C=C/C(=O)Nc2cccnc2-n2cccn2)cc(Cl)c1OC. The Labute approximate surface area is 167 Å². The van der Waals surface area contributed by atoms with Crippen molar-refractivity contribution in [1.82, 2.24) is 14.8 Å². The van der Waals surface area contributed by atoms with Crippen molar-refractivity contribution in [2.75, 3.05) is 19.0 Å². The summed E-state index contributed by atoms with van der Waals surface area (Å²) in [5, 5.41) is 7.36. The summed E-state index contributed by atoms with van der Waals surface area (Å²) in [6.07, 6.45) is 8.09. The van der Waals surface area contributed by atoms with Crippen molar-refractivity contribution >= 4 is 29.3 Å². The molecule has 2 heterocycles. The Bertz CT molecular complexity index is 987. The van der Waals surface area contributed by atoms with Gasteiger partial charge in [-0.05, 0) is 48.9 Å². The zero-order valence-corrected chi connectivity index (χ0v) is 16.2. The third-order valence-electron chi connectivity index (χ3n) is 3.73. The fourth-order valence-electron chi connectivity index (χ4n) is 2.56. The molecule has 144 valence electrons. The lowest BCUT2D eigenvalue weighted by atomic mass is 10.2. The van der Waals surface area contributed by atoms with Gasteiger partial charge in [-0.25, -0.2) is 9.67 Å². The van der Waals surface area contributed by atoms with Crippen LogP contribution in [0.1, 0.15) is 12.5 Å². The second-order valence-corrected chi connectivity index (χ2v) is 6.02. The number of pyridine rings is 1. The van der Waals surface area contributed by atoms with E-state index in [1.54, 1.807) is 59.7 Å². The zero-order chi connectivity index (χ0) is 19.9. The van der Waals surface area contributed by atoms with E-state index in [1.807, 2.05) is 6.92 Å². The lowest BCUT2D eigenvalue weighted by Crippen LogP contribution is -2.11. The van der Waals surface area contributed by atoms with Crippen molar-refractivity contribution in [3.63, 3.8) is 0 Å². The van der Waals surface area contributed by atoms with Gasteiger partial charge in [-0.3, -0.25) is 4.79 Å². The van der Waals surface area contributed by atoms with Gasteiger partial charge >= 0.3 is 0 Å². The van der Waals surface area contributed by atoms with Gasteiger partial charge in [-0.2, -0.15) is 5.10 Å². The van der Waals surface area contributed by atoms with E-state index < -0.39 is 0 Å². The largest absolute Gasteiger partial charge is 0.491 e. The fourth-order valence-corrected chi connectivity index (χ4v) is 2.86. The molecule has 0 radical (unpaired) electrons. The molecule has 3 rings (SSSR count). The van der Waals surface area contributed by atoms with Crippen LogP contribution in [0.3, 0.4) is 0 Å². The molecule has 0 unspecified atom stereocenters. The number of hydrogen-bond acceptors (Lipinski definition) is 5. The number of hydrogen-bond donors (Lipinski definition) is 1. The highest BCUT2D eigenvalue weighted by molar-refractivity contribution is 6.32. The van der Waals surface area contributed by atoms with Crippen LogP contribution in [-0.4, -0.2) is 34.4 Å². The monoisotopic (exact) mass is 398 g/mol. The van der Waals surface area contributed by atoms with E-state index in [-0.39, 0.29) is 5.91 Å². The minimum absolute atomic E-state index is 0.314. The molecule has 0 aliphatic rings. The molecule has 0 atom stereocenters. The number of nitrogens with zero attached hydrogens (tertiary/aromatic N) is 3. The van der Waals surface area contributed by atoms with Gasteiger partial charge in [-0.1, -0.05) is 11.6 Å². The van der Waals surface area contributed by atoms with Crippen LogP contribution in [0.15, 0.2) is 55.0 Å². The van der Waals surface area contributed by atoms with Crippen molar-refractivity contribution in [3.8, 4) is 17.3 Å². The van der Waals surface area contributed by atoms with Gasteiger partial charge < -0.3 is 14.8 Å². The third-order valence-corrected chi connectivity index (χ3v) is 4.01. The first-order chi connectivity index (χ1) is 13.6. The van der Waals surface area contributed by atoms with Gasteiger partial charge in [0.1, 0.15) is 0 Å². The van der Waals surface area contributed by atoms with Gasteiger partial charge in [0.25, 0.3) is 0 Å². The molecule has 0 aliphatic heterocycles. The molecule has 0 saturated heterocycles. The van der Waals surface area contributed by atoms with Crippen LogP contribution in [0.2, 0.25) is 5.02 Å². The molecule has 1 amide bonds. The maximum atomic E-state index is 12.4. The maximum absolute atomic E-state index is 12.4. The Kier molecular flexibility index (Phi) is 6.29. The Hall–Kier alpha value is -3.32. The van der Waals surface area contributed by atoms with E-state index in [0.717, 1.165) is 0 Å². The van der Waals surface area contributed by atoms with Crippen LogP contribution in [-0.2, 0) is 4.79 Å². The molecule has 0 bridgehead atoms. The lowest BCUT2D eigenvalue weighted by molar-refractivity contribution is -0.111. The summed E-state index contributed by atoms with van der Waals surface area (Å²) >= 11 is 6.24. The van der Waals surface area contributed by atoms with E-state index in [4.69, 9.17) is 21.1 Å². The van der Waals surface area contributed by atoms with Crippen molar-refractivity contribution in [1.29, 1.82) is 0 Å². The normalized spacial score (nSPS) is 10.8. The van der Waals surface area contributed by atoms with Crippen LogP contribution in [0, 0.1) is 0 Å². The highest BCUT2D eigenvalue weighted by Gasteiger charge is 2.11. The average Bonchev–Trinajstić information content (AvgIpc) is 3.21. The number of carbonyl (C=O) groups excluding carboxylic acids is 1. The zero-order valence-electron chi connectivity index (χ0n) is 15.4. The second kappa shape index (κ2) is 9.05. The van der Waals surface area contributed by atoms with Gasteiger partial charge in [0.2, 0.25) is 5.91 Å². The average molecular weight is 399 g/mol. The number of aromatic nitrogens is 3. The summed E-state index contributed by atoms with van der Waals surface area (Å²) in [6.45, 7) is 2.34. The summed E-state index contributed by atoms with van der Waals surface area (Å²) < 4.78 is 12.4. The molecule has 0 aliphatic carbocycles. The molecular weight excluding hydrogens is 380 g/mol. The molecule has 0 saturated carbocycles. The summed E-state index contributed by atoms with van der Waals surface area (Å²) in [7, 11) is 1.53. The molecule has 1 N–H and O–H groups in total. The molecule has 1 aromatic carbocycles. The maximum Gasteiger partial charge on any atom is 0.248 e. The predicted octanol–water partition coefficient (Wildman–Crippen LogP) is 3.98. The van der Waals surface area contributed by atoms with Crippen molar-refractivity contribution in [2.24, 2.45) is 0 Å². The van der Waals surface area contributed by atoms with Crippen LogP contribution < -0.4 is 14.8 Å². The van der Waals surface area contributed by atoms with Crippen molar-refractivity contribution < 1.29 is 14.3 Å². The topological polar surface area (TPSA) is 78.3 Å². The smallest absolute Gasteiger partial charge is 0.248 e. The van der Waals surface area contributed by atoms with Crippen LogP contribution in [0.4, 0.5) is 5.69 Å². The predicted molar refractivity (Wildman–Crippen MR) is 108 cm³/mol. The number of ether oxygens (including phenoxy) is 2. The number of halogens is 1. The third kappa shape index (κ3) is 4.50. The van der Waals surface area contributed by atoms with E-state index in [1.165, 1.54) is 13.2 Å². The molecule has 7 nitrogen and oxygen atoms in total. The summed E-state index contributed by atoms with van der Waals surface area (Å²) in [5.41, 5.74) is 1.26. The molecule has 8 heteroatoms. The lowest BCUT2D eigenvalue weighted by Gasteiger charge is -2.12. The quantitative estimate of drug-likeness (QED) is 0.609. The van der Waals surface area contributed by atoms with Crippen LogP contribution in [0.5, 0.6) is 11.5 Å². The van der Waals surface area contributed by atoms with Crippen LogP contribution in [0.25, 0.3) is 11.9 Å². The molecule has 0 fully saturated rings. The minimum Gasteiger partial charge on any atom is -0.491 e. The van der Waals surface area contributed by atoms with Gasteiger partial charge in [0.05, 0.1) is 24.4 Å². The number of amides is 1. The Morgan fingerprint density at radius 2 is 2.18 bits per heavy atom. The van der Waals surface area contributed by atoms with Gasteiger partial charge in [-0.15, -0.1) is 0 Å². The number of anilines is 1. The first-order valence-electron chi connectivity index (χ1n) is 8.56. The number of methoxy groups -OCH3 is 1. The van der Waals surface area contributed by atoms with Crippen LogP contribution >= 0.6 is 11.6 Å². The van der Waals surface area contributed by atoms with E-state index in [9.17, 15) is 4.79 Å². The second-order valence-electron chi connectivity index (χ2n) is 5.61. The molecular formula is C20H19ClN4O3. The number of rotatable bonds is 7. The van der Waals surface area contributed by atoms with Gasteiger partial charge in [0.15, 0.2) is 17.3 Å². The number of carbonyl (C=O) groups is 1. The highest BCUT2D eigenvalue weighted by atomic mass is 35.5. The summed E-state index contributed by atoms with van der Waals surface area (Å²) in [6, 6.07) is 8.74. The summed E-state index contributed by atoms with van der Waals surface area (Å²) in [5.74, 6) is 1.20. The Morgan fingerprint density at radius 1 is 1.32 bits per heavy atom. The molecule has 0 spiro atoms. The Balaban J connectivity index is 1.78. The van der Waals surface area contributed by atoms with E-state index in [2.05, 4.69) is 15.4 Å². The Morgan fingerprint density at radius 3 is 2.89 bits per heavy atom. The van der Waals surface area contributed by atoms with E-state index in [0.29, 0.717) is 40.2 Å². The van der Waals surface area contributed by atoms with Gasteiger partial charge in [0, 0.05) is 24.7 Å². The minimum atomic E-state index is -0.314. The van der Waals surface area contributed by atoms with Crippen molar-refractivity contribution in [2.45, 2.75) is 6.92 Å². The van der Waals surface area contributed by atoms with Crippen molar-refractivity contribution in [3.05, 3.63) is 65.6 Å². The first-order valence-corrected chi connectivity index (χ1v) is 8.94. The summed E-state index contributed by atoms with van der Waals surface area (Å²) in [4.78, 5) is 16.7. The fraction of sp³-hybridized carbons (Fsp3) is 0.150.